The summed E-state index contributed by atoms with van der Waals surface area (Å²) in [6, 6.07) is 8.52. The number of anilines is 1. The summed E-state index contributed by atoms with van der Waals surface area (Å²) in [6.45, 7) is 6.31. The molecule has 2 heterocycles. The molecule has 0 bridgehead atoms. The highest BCUT2D eigenvalue weighted by atomic mass is 16.5. The van der Waals surface area contributed by atoms with Gasteiger partial charge < -0.3 is 10.1 Å². The second-order valence-corrected chi connectivity index (χ2v) is 7.31. The first kappa shape index (κ1) is 18.4. The number of carbonyl (C=O) groups is 2. The molecule has 7 nitrogen and oxygen atoms in total. The molecule has 2 N–H and O–H groups in total. The van der Waals surface area contributed by atoms with E-state index >= 15 is 0 Å². The first-order chi connectivity index (χ1) is 12.4. The molecule has 0 spiro atoms. The van der Waals surface area contributed by atoms with Crippen LogP contribution >= 0.6 is 0 Å². The van der Waals surface area contributed by atoms with Crippen molar-refractivity contribution >= 4 is 23.3 Å². The van der Waals surface area contributed by atoms with Gasteiger partial charge in [-0.2, -0.15) is 0 Å². The molecule has 2 aliphatic heterocycles. The first-order valence-corrected chi connectivity index (χ1v) is 9.06. The molecule has 0 saturated carbocycles. The molecule has 0 aliphatic carbocycles. The number of amidine groups is 1. The van der Waals surface area contributed by atoms with Crippen molar-refractivity contribution in [2.24, 2.45) is 4.99 Å². The molecule has 2 unspecified atom stereocenters. The van der Waals surface area contributed by atoms with Crippen LogP contribution < -0.4 is 15.8 Å². The fraction of sp³-hybridized carbons (Fsp3) is 0.526. The number of para-hydroxylation sites is 1. The maximum atomic E-state index is 12.8. The predicted molar refractivity (Wildman–Crippen MR) is 99.8 cm³/mol. The summed E-state index contributed by atoms with van der Waals surface area (Å²) < 4.78 is 5.82. The third kappa shape index (κ3) is 3.88. The van der Waals surface area contributed by atoms with E-state index in [2.05, 4.69) is 15.7 Å². The number of nitrogens with one attached hydrogen (secondary N) is 2. The van der Waals surface area contributed by atoms with Crippen LogP contribution in [-0.2, 0) is 14.3 Å². The fourth-order valence-corrected chi connectivity index (χ4v) is 3.25. The van der Waals surface area contributed by atoms with Crippen molar-refractivity contribution in [3.8, 4) is 0 Å². The number of nitrogens with zero attached hydrogens (tertiary/aromatic N) is 2. The lowest BCUT2D eigenvalue weighted by atomic mass is 9.91. The van der Waals surface area contributed by atoms with Gasteiger partial charge in [0, 0.05) is 6.61 Å². The average Bonchev–Trinajstić information content (AvgIpc) is 2.65. The Morgan fingerprint density at radius 1 is 1.31 bits per heavy atom. The van der Waals surface area contributed by atoms with E-state index in [-0.39, 0.29) is 23.8 Å². The second kappa shape index (κ2) is 7.45. The Balaban J connectivity index is 1.74. The van der Waals surface area contributed by atoms with E-state index in [0.717, 1.165) is 25.9 Å². The number of ether oxygens (including phenoxy) is 1. The summed E-state index contributed by atoms with van der Waals surface area (Å²) in [5, 5.41) is 4.38. The topological polar surface area (TPSA) is 83.0 Å². The molecule has 26 heavy (non-hydrogen) atoms. The molecular formula is C19H26N4O3. The number of rotatable bonds is 4. The first-order valence-electron chi connectivity index (χ1n) is 9.06. The normalized spacial score (nSPS) is 23.9. The van der Waals surface area contributed by atoms with Crippen LogP contribution in [-0.4, -0.2) is 41.9 Å². The van der Waals surface area contributed by atoms with Gasteiger partial charge in [-0.25, -0.2) is 10.0 Å². The van der Waals surface area contributed by atoms with Gasteiger partial charge in [-0.05, 0) is 52.2 Å². The third-order valence-corrected chi connectivity index (χ3v) is 4.77. The highest BCUT2D eigenvalue weighted by molar-refractivity contribution is 6.39. The van der Waals surface area contributed by atoms with Crippen LogP contribution in [0.15, 0.2) is 35.3 Å². The van der Waals surface area contributed by atoms with Crippen molar-refractivity contribution in [2.45, 2.75) is 57.7 Å². The van der Waals surface area contributed by atoms with Gasteiger partial charge in [0.1, 0.15) is 6.04 Å². The fourth-order valence-electron chi connectivity index (χ4n) is 3.25. The number of hydrogen-bond acceptors (Lipinski definition) is 5. The molecule has 2 atom stereocenters. The highest BCUT2D eigenvalue weighted by Crippen LogP contribution is 2.23. The van der Waals surface area contributed by atoms with Gasteiger partial charge in [0.15, 0.2) is 0 Å². The molecule has 2 amide bonds. The summed E-state index contributed by atoms with van der Waals surface area (Å²) in [7, 11) is 0. The van der Waals surface area contributed by atoms with Crippen LogP contribution in [0.4, 0.5) is 5.69 Å². The summed E-state index contributed by atoms with van der Waals surface area (Å²) in [6.07, 6.45) is 3.03. The zero-order valence-corrected chi connectivity index (χ0v) is 15.5. The van der Waals surface area contributed by atoms with Gasteiger partial charge in [0.05, 0.1) is 17.3 Å². The van der Waals surface area contributed by atoms with Gasteiger partial charge in [-0.1, -0.05) is 18.2 Å². The smallest absolute Gasteiger partial charge is 0.288 e. The zero-order chi connectivity index (χ0) is 18.7. The molecule has 1 aromatic rings. The highest BCUT2D eigenvalue weighted by Gasteiger charge is 2.36. The third-order valence-electron chi connectivity index (χ3n) is 4.77. The van der Waals surface area contributed by atoms with E-state index < -0.39 is 11.6 Å². The van der Waals surface area contributed by atoms with Crippen molar-refractivity contribution < 1.29 is 14.3 Å². The Morgan fingerprint density at radius 2 is 2.04 bits per heavy atom. The zero-order valence-electron chi connectivity index (χ0n) is 15.5. The molecule has 1 fully saturated rings. The Kier molecular flexibility index (Phi) is 5.27. The number of aliphatic imine (C=N–C) groups is 1. The van der Waals surface area contributed by atoms with Crippen LogP contribution in [0.2, 0.25) is 0 Å². The van der Waals surface area contributed by atoms with E-state index in [1.165, 1.54) is 5.01 Å². The van der Waals surface area contributed by atoms with Crippen LogP contribution in [0, 0.1) is 0 Å². The van der Waals surface area contributed by atoms with Crippen molar-refractivity contribution in [3.63, 3.8) is 0 Å². The van der Waals surface area contributed by atoms with Gasteiger partial charge in [0.2, 0.25) is 5.84 Å². The largest absolute Gasteiger partial charge is 0.376 e. The summed E-state index contributed by atoms with van der Waals surface area (Å²) in [4.78, 5) is 29.4. The number of benzene rings is 1. The van der Waals surface area contributed by atoms with Gasteiger partial charge >= 0.3 is 0 Å². The van der Waals surface area contributed by atoms with E-state index in [4.69, 9.17) is 4.74 Å². The van der Waals surface area contributed by atoms with Crippen molar-refractivity contribution in [2.75, 3.05) is 11.6 Å². The maximum Gasteiger partial charge on any atom is 0.288 e. The molecule has 1 aromatic carbocycles. The minimum Gasteiger partial charge on any atom is -0.376 e. The van der Waals surface area contributed by atoms with E-state index in [1.807, 2.05) is 32.0 Å². The van der Waals surface area contributed by atoms with Gasteiger partial charge in [-0.15, -0.1) is 0 Å². The number of carbonyl (C=O) groups excluding carboxylic acids is 2. The lowest BCUT2D eigenvalue weighted by molar-refractivity contribution is -0.121. The van der Waals surface area contributed by atoms with E-state index in [0.29, 0.717) is 5.69 Å². The number of amides is 2. The number of hydrogen-bond donors (Lipinski definition) is 2. The monoisotopic (exact) mass is 358 g/mol. The Labute approximate surface area is 153 Å². The molecule has 0 aromatic heterocycles. The summed E-state index contributed by atoms with van der Waals surface area (Å²) in [5.74, 6) is -0.420. The summed E-state index contributed by atoms with van der Waals surface area (Å²) >= 11 is 0. The molecule has 2 aliphatic rings. The molecule has 1 saturated heterocycles. The molecule has 140 valence electrons. The molecule has 3 rings (SSSR count). The average molecular weight is 358 g/mol. The molecule has 7 heteroatoms. The maximum absolute atomic E-state index is 12.8. The quantitative estimate of drug-likeness (QED) is 0.860. The van der Waals surface area contributed by atoms with Crippen molar-refractivity contribution in [1.82, 2.24) is 10.7 Å². The lowest BCUT2D eigenvalue weighted by Gasteiger charge is -2.38. The van der Waals surface area contributed by atoms with Gasteiger partial charge in [0.25, 0.3) is 11.8 Å². The van der Waals surface area contributed by atoms with Crippen LogP contribution in [0.1, 0.15) is 40.0 Å². The molecular weight excluding hydrogens is 332 g/mol. The number of hydrazine groups is 1. The SMILES string of the molecule is CC1N=C(C(=O)NC(C)(C)C2CCCCO2)NN(c2ccccc2)C1=O. The summed E-state index contributed by atoms with van der Waals surface area (Å²) in [5.41, 5.74) is 3.00. The van der Waals surface area contributed by atoms with Crippen molar-refractivity contribution in [1.29, 1.82) is 0 Å². The minimum absolute atomic E-state index is 0.0336. The Bertz CT molecular complexity index is 696. The Hall–Kier alpha value is -2.41. The van der Waals surface area contributed by atoms with Crippen LogP contribution in [0.25, 0.3) is 0 Å². The van der Waals surface area contributed by atoms with Crippen LogP contribution in [0.5, 0.6) is 0 Å². The molecule has 0 radical (unpaired) electrons. The van der Waals surface area contributed by atoms with E-state index in [9.17, 15) is 9.59 Å². The Morgan fingerprint density at radius 3 is 2.69 bits per heavy atom. The van der Waals surface area contributed by atoms with Gasteiger partial charge in [-0.3, -0.25) is 15.0 Å². The van der Waals surface area contributed by atoms with Crippen LogP contribution in [0.3, 0.4) is 0 Å². The van der Waals surface area contributed by atoms with E-state index in [1.54, 1.807) is 19.1 Å². The lowest BCUT2D eigenvalue weighted by Crippen LogP contribution is -2.62. The standard InChI is InChI=1S/C19H26N4O3/c1-13-18(25)23(14-9-5-4-6-10-14)22-16(20-13)17(24)21-19(2,3)15-11-7-8-12-26-15/h4-6,9-10,13,15H,7-8,11-12H2,1-3H3,(H,20,22)(H,21,24). The second-order valence-electron chi connectivity index (χ2n) is 7.31. The minimum atomic E-state index is -0.633. The predicted octanol–water partition coefficient (Wildman–Crippen LogP) is 1.79. The van der Waals surface area contributed by atoms with Crippen molar-refractivity contribution in [3.05, 3.63) is 30.3 Å².